The van der Waals surface area contributed by atoms with Gasteiger partial charge in [0, 0.05) is 17.0 Å². The van der Waals surface area contributed by atoms with Gasteiger partial charge in [0.1, 0.15) is 5.69 Å². The van der Waals surface area contributed by atoms with Crippen molar-refractivity contribution in [2.24, 2.45) is 0 Å². The summed E-state index contributed by atoms with van der Waals surface area (Å²) >= 11 is 0. The van der Waals surface area contributed by atoms with Crippen LogP contribution in [0.3, 0.4) is 0 Å². The van der Waals surface area contributed by atoms with Crippen LogP contribution in [0.5, 0.6) is 0 Å². The number of benzene rings is 1. The van der Waals surface area contributed by atoms with Crippen LogP contribution in [0.4, 0.5) is 0 Å². The molecule has 5 rings (SSSR count). The van der Waals surface area contributed by atoms with Gasteiger partial charge in [-0.2, -0.15) is 9.61 Å². The fourth-order valence-electron chi connectivity index (χ4n) is 2.70. The molecule has 0 spiro atoms. The number of hydrogen-bond donors (Lipinski definition) is 0. The molecule has 0 radical (unpaired) electrons. The van der Waals surface area contributed by atoms with Crippen LogP contribution >= 0.6 is 0 Å². The standard InChI is InChI=1S/C14H9N5O/c20-12-9-4-2-1-3-8(9)10-11(12)18-19-13(7-5-6-7)16-17-14(19)15-10/h1-4,7H,5-6H2. The summed E-state index contributed by atoms with van der Waals surface area (Å²) in [6.45, 7) is 0. The number of fused-ring (bicyclic) bond motifs is 4. The number of carbonyl (C=O) groups is 1. The fraction of sp³-hybridized carbons (Fsp3) is 0.214. The predicted octanol–water partition coefficient (Wildman–Crippen LogP) is 1.61. The van der Waals surface area contributed by atoms with E-state index in [-0.39, 0.29) is 5.78 Å². The zero-order chi connectivity index (χ0) is 13.3. The van der Waals surface area contributed by atoms with Crippen LogP contribution in [0, 0.1) is 0 Å². The molecule has 0 aliphatic heterocycles. The number of nitrogens with zero attached hydrogens (tertiary/aromatic N) is 5. The van der Waals surface area contributed by atoms with Crippen molar-refractivity contribution >= 4 is 11.6 Å². The monoisotopic (exact) mass is 263 g/mol. The van der Waals surface area contributed by atoms with Gasteiger partial charge in [0.05, 0.1) is 0 Å². The van der Waals surface area contributed by atoms with Crippen LogP contribution in [-0.4, -0.2) is 30.6 Å². The van der Waals surface area contributed by atoms with Gasteiger partial charge >= 0.3 is 0 Å². The molecule has 2 aliphatic carbocycles. The Kier molecular flexibility index (Phi) is 1.67. The minimum atomic E-state index is -0.0690. The first-order valence-corrected chi connectivity index (χ1v) is 6.60. The first-order valence-electron chi connectivity index (χ1n) is 6.60. The summed E-state index contributed by atoms with van der Waals surface area (Å²) in [6.07, 6.45) is 2.21. The van der Waals surface area contributed by atoms with E-state index in [0.717, 1.165) is 24.2 Å². The van der Waals surface area contributed by atoms with E-state index in [9.17, 15) is 4.79 Å². The van der Waals surface area contributed by atoms with Gasteiger partial charge in [0.25, 0.3) is 5.78 Å². The topological polar surface area (TPSA) is 73.0 Å². The SMILES string of the molecule is O=C1c2ccccc2-c2nc3nnc(C4CC4)n3nc21. The van der Waals surface area contributed by atoms with Crippen molar-refractivity contribution in [2.45, 2.75) is 18.8 Å². The molecule has 1 aromatic carbocycles. The Balaban J connectivity index is 1.84. The molecular formula is C14H9N5O. The van der Waals surface area contributed by atoms with Gasteiger partial charge in [0.2, 0.25) is 5.78 Å². The average Bonchev–Trinajstić information content (AvgIpc) is 3.19. The van der Waals surface area contributed by atoms with E-state index in [1.54, 1.807) is 4.52 Å². The maximum atomic E-state index is 12.4. The Hall–Kier alpha value is -2.63. The van der Waals surface area contributed by atoms with Gasteiger partial charge in [0.15, 0.2) is 11.5 Å². The average molecular weight is 263 g/mol. The Labute approximate surface area is 113 Å². The van der Waals surface area contributed by atoms with E-state index < -0.39 is 0 Å². The van der Waals surface area contributed by atoms with Crippen molar-refractivity contribution in [3.8, 4) is 11.3 Å². The molecular weight excluding hydrogens is 254 g/mol. The van der Waals surface area contributed by atoms with Crippen LogP contribution in [-0.2, 0) is 0 Å². The molecule has 1 saturated carbocycles. The summed E-state index contributed by atoms with van der Waals surface area (Å²) in [4.78, 5) is 16.9. The highest BCUT2D eigenvalue weighted by Gasteiger charge is 2.33. The van der Waals surface area contributed by atoms with Crippen LogP contribution in [0.25, 0.3) is 17.0 Å². The van der Waals surface area contributed by atoms with Gasteiger partial charge in [-0.15, -0.1) is 10.2 Å². The van der Waals surface area contributed by atoms with E-state index >= 15 is 0 Å². The third kappa shape index (κ3) is 1.16. The van der Waals surface area contributed by atoms with Crippen LogP contribution in [0.1, 0.15) is 40.6 Å². The summed E-state index contributed by atoms with van der Waals surface area (Å²) < 4.78 is 1.63. The second-order valence-corrected chi connectivity index (χ2v) is 5.23. The lowest BCUT2D eigenvalue weighted by Crippen LogP contribution is -2.07. The number of carbonyl (C=O) groups excluding carboxylic acids is 1. The first kappa shape index (κ1) is 10.2. The maximum absolute atomic E-state index is 12.4. The molecule has 0 unspecified atom stereocenters. The summed E-state index contributed by atoms with van der Waals surface area (Å²) in [5.41, 5.74) is 2.52. The van der Waals surface area contributed by atoms with Gasteiger partial charge in [-0.3, -0.25) is 4.79 Å². The highest BCUT2D eigenvalue weighted by molar-refractivity contribution is 6.19. The molecule has 0 saturated heterocycles. The number of aromatic nitrogens is 5. The molecule has 96 valence electrons. The highest BCUT2D eigenvalue weighted by atomic mass is 16.1. The van der Waals surface area contributed by atoms with E-state index in [1.807, 2.05) is 24.3 Å². The zero-order valence-electron chi connectivity index (χ0n) is 10.4. The Morgan fingerprint density at radius 2 is 1.85 bits per heavy atom. The largest absolute Gasteiger partial charge is 0.287 e. The smallest absolute Gasteiger partial charge is 0.272 e. The number of rotatable bonds is 1. The Morgan fingerprint density at radius 1 is 1.05 bits per heavy atom. The van der Waals surface area contributed by atoms with Crippen molar-refractivity contribution in [1.29, 1.82) is 0 Å². The predicted molar refractivity (Wildman–Crippen MR) is 69.4 cm³/mol. The van der Waals surface area contributed by atoms with Gasteiger partial charge < -0.3 is 0 Å². The summed E-state index contributed by atoms with van der Waals surface area (Å²) in [5.74, 6) is 1.63. The van der Waals surface area contributed by atoms with E-state index in [4.69, 9.17) is 0 Å². The molecule has 2 aromatic heterocycles. The van der Waals surface area contributed by atoms with E-state index in [0.29, 0.717) is 28.6 Å². The van der Waals surface area contributed by atoms with Crippen LogP contribution in [0.15, 0.2) is 24.3 Å². The lowest BCUT2D eigenvalue weighted by Gasteiger charge is -1.99. The summed E-state index contributed by atoms with van der Waals surface area (Å²) in [5, 5.41) is 12.7. The molecule has 0 atom stereocenters. The maximum Gasteiger partial charge on any atom is 0.272 e. The second kappa shape index (κ2) is 3.27. The molecule has 2 heterocycles. The minimum absolute atomic E-state index is 0.0690. The third-order valence-electron chi connectivity index (χ3n) is 3.87. The third-order valence-corrected chi connectivity index (χ3v) is 3.87. The van der Waals surface area contributed by atoms with Crippen molar-refractivity contribution in [3.05, 3.63) is 41.3 Å². The molecule has 6 nitrogen and oxygen atoms in total. The lowest BCUT2D eigenvalue weighted by atomic mass is 10.1. The van der Waals surface area contributed by atoms with Crippen molar-refractivity contribution in [2.75, 3.05) is 0 Å². The lowest BCUT2D eigenvalue weighted by molar-refractivity contribution is 0.103. The number of hydrogen-bond acceptors (Lipinski definition) is 5. The van der Waals surface area contributed by atoms with Crippen LogP contribution in [0.2, 0.25) is 0 Å². The van der Waals surface area contributed by atoms with Crippen molar-refractivity contribution in [1.82, 2.24) is 24.8 Å². The molecule has 1 fully saturated rings. The van der Waals surface area contributed by atoms with Gasteiger partial charge in [-0.1, -0.05) is 24.3 Å². The first-order chi connectivity index (χ1) is 9.83. The second-order valence-electron chi connectivity index (χ2n) is 5.23. The molecule has 3 aromatic rings. The number of ketones is 1. The van der Waals surface area contributed by atoms with E-state index in [1.165, 1.54) is 0 Å². The zero-order valence-corrected chi connectivity index (χ0v) is 10.4. The van der Waals surface area contributed by atoms with Crippen molar-refractivity contribution in [3.63, 3.8) is 0 Å². The minimum Gasteiger partial charge on any atom is -0.287 e. The Bertz CT molecular complexity index is 894. The molecule has 0 N–H and O–H groups in total. The summed E-state index contributed by atoms with van der Waals surface area (Å²) in [6, 6.07) is 7.45. The highest BCUT2D eigenvalue weighted by Crippen LogP contribution is 2.39. The summed E-state index contributed by atoms with van der Waals surface area (Å²) in [7, 11) is 0. The van der Waals surface area contributed by atoms with Gasteiger partial charge in [-0.05, 0) is 12.8 Å². The molecule has 20 heavy (non-hydrogen) atoms. The molecule has 6 heteroatoms. The van der Waals surface area contributed by atoms with Crippen LogP contribution < -0.4 is 0 Å². The van der Waals surface area contributed by atoms with Gasteiger partial charge in [-0.25, -0.2) is 4.98 Å². The molecule has 0 bridgehead atoms. The fourth-order valence-corrected chi connectivity index (χ4v) is 2.70. The molecule has 0 amide bonds. The Morgan fingerprint density at radius 3 is 2.65 bits per heavy atom. The van der Waals surface area contributed by atoms with Crippen molar-refractivity contribution < 1.29 is 4.79 Å². The normalized spacial score (nSPS) is 16.5. The van der Waals surface area contributed by atoms with E-state index in [2.05, 4.69) is 20.3 Å². The molecule has 2 aliphatic rings. The quantitative estimate of drug-likeness (QED) is 0.521.